The molecule has 0 spiro atoms. The Morgan fingerprint density at radius 3 is 2.69 bits per heavy atom. The van der Waals surface area contributed by atoms with Crippen LogP contribution in [0.5, 0.6) is 5.75 Å². The number of hydrogen-bond acceptors (Lipinski definition) is 2. The van der Waals surface area contributed by atoms with Gasteiger partial charge in [0.25, 0.3) is 0 Å². The Bertz CT molecular complexity index is 430. The van der Waals surface area contributed by atoms with Gasteiger partial charge < -0.3 is 10.5 Å². The van der Waals surface area contributed by atoms with Crippen molar-refractivity contribution in [1.29, 1.82) is 0 Å². The maximum atomic E-state index is 14.0. The molecule has 1 saturated carbocycles. The van der Waals surface area contributed by atoms with Crippen molar-refractivity contribution in [3.05, 3.63) is 27.5 Å². The van der Waals surface area contributed by atoms with E-state index >= 15 is 0 Å². The van der Waals surface area contributed by atoms with E-state index in [2.05, 4.69) is 15.9 Å². The van der Waals surface area contributed by atoms with E-state index in [0.717, 1.165) is 18.4 Å². The molecule has 0 amide bonds. The first-order valence-electron chi connectivity index (χ1n) is 5.27. The van der Waals surface area contributed by atoms with Crippen molar-refractivity contribution in [3.63, 3.8) is 0 Å². The second kappa shape index (κ2) is 4.00. The van der Waals surface area contributed by atoms with Crippen LogP contribution in [0.1, 0.15) is 24.0 Å². The first kappa shape index (κ1) is 11.9. The fraction of sp³-hybridized carbons (Fsp3) is 0.500. The predicted octanol–water partition coefficient (Wildman–Crippen LogP) is 2.94. The molecule has 88 valence electrons. The van der Waals surface area contributed by atoms with Crippen LogP contribution in [0.3, 0.4) is 0 Å². The van der Waals surface area contributed by atoms with Crippen LogP contribution >= 0.6 is 15.9 Å². The summed E-state index contributed by atoms with van der Waals surface area (Å²) in [7, 11) is 1.56. The molecule has 0 saturated heterocycles. The van der Waals surface area contributed by atoms with Gasteiger partial charge in [-0.2, -0.15) is 0 Å². The highest BCUT2D eigenvalue weighted by molar-refractivity contribution is 9.10. The van der Waals surface area contributed by atoms with Crippen molar-refractivity contribution in [2.45, 2.75) is 31.7 Å². The van der Waals surface area contributed by atoms with Crippen molar-refractivity contribution in [2.24, 2.45) is 5.73 Å². The van der Waals surface area contributed by atoms with Crippen LogP contribution < -0.4 is 10.5 Å². The summed E-state index contributed by atoms with van der Waals surface area (Å²) >= 11 is 3.22. The van der Waals surface area contributed by atoms with Crippen LogP contribution in [0, 0.1) is 12.7 Å². The highest BCUT2D eigenvalue weighted by Gasteiger charge is 2.40. The molecular weight excluding hydrogens is 273 g/mol. The van der Waals surface area contributed by atoms with E-state index in [0.29, 0.717) is 22.2 Å². The van der Waals surface area contributed by atoms with Gasteiger partial charge in [0.2, 0.25) is 0 Å². The van der Waals surface area contributed by atoms with E-state index in [1.165, 1.54) is 0 Å². The number of methoxy groups -OCH3 is 1. The zero-order valence-electron chi connectivity index (χ0n) is 9.44. The number of hydrogen-bond donors (Lipinski definition) is 1. The summed E-state index contributed by atoms with van der Waals surface area (Å²) in [5, 5.41) is 0. The number of halogens is 2. The second-order valence-electron chi connectivity index (χ2n) is 4.54. The molecule has 1 aromatic rings. The van der Waals surface area contributed by atoms with E-state index in [-0.39, 0.29) is 11.4 Å². The van der Waals surface area contributed by atoms with Gasteiger partial charge in [0.05, 0.1) is 11.6 Å². The first-order valence-corrected chi connectivity index (χ1v) is 6.06. The summed E-state index contributed by atoms with van der Waals surface area (Å²) in [6, 6.07) is 1.73. The highest BCUT2D eigenvalue weighted by Crippen LogP contribution is 2.41. The van der Waals surface area contributed by atoms with Crippen LogP contribution in [0.15, 0.2) is 10.5 Å². The molecule has 1 aromatic carbocycles. The largest absolute Gasteiger partial charge is 0.496 e. The molecule has 0 radical (unpaired) electrons. The SMILES string of the molecule is COc1c(C)cc(Br)c(F)c1CC1(N)CC1. The molecule has 16 heavy (non-hydrogen) atoms. The van der Waals surface area contributed by atoms with Crippen LogP contribution in [0.4, 0.5) is 4.39 Å². The lowest BCUT2D eigenvalue weighted by atomic mass is 10.0. The number of ether oxygens (including phenoxy) is 1. The molecule has 1 fully saturated rings. The molecular formula is C12H15BrFNO. The Balaban J connectivity index is 2.47. The molecule has 1 aliphatic rings. The van der Waals surface area contributed by atoms with Crippen LogP contribution in [-0.4, -0.2) is 12.6 Å². The molecule has 0 aromatic heterocycles. The Labute approximate surface area is 103 Å². The van der Waals surface area contributed by atoms with E-state index in [9.17, 15) is 4.39 Å². The Morgan fingerprint density at radius 1 is 1.56 bits per heavy atom. The van der Waals surface area contributed by atoms with Crippen molar-refractivity contribution in [3.8, 4) is 5.75 Å². The zero-order chi connectivity index (χ0) is 11.9. The van der Waals surface area contributed by atoms with Crippen LogP contribution in [0.25, 0.3) is 0 Å². The maximum Gasteiger partial charge on any atom is 0.144 e. The van der Waals surface area contributed by atoms with Crippen molar-refractivity contribution in [1.82, 2.24) is 0 Å². The lowest BCUT2D eigenvalue weighted by molar-refractivity contribution is 0.397. The van der Waals surface area contributed by atoms with Crippen molar-refractivity contribution in [2.75, 3.05) is 7.11 Å². The Morgan fingerprint density at radius 2 is 2.19 bits per heavy atom. The summed E-state index contributed by atoms with van der Waals surface area (Å²) in [4.78, 5) is 0. The third-order valence-electron chi connectivity index (χ3n) is 3.08. The van der Waals surface area contributed by atoms with Gasteiger partial charge >= 0.3 is 0 Å². The Hall–Kier alpha value is -0.610. The zero-order valence-corrected chi connectivity index (χ0v) is 11.0. The average Bonchev–Trinajstić information content (AvgIpc) is 2.93. The van der Waals surface area contributed by atoms with Gasteiger partial charge in [0.15, 0.2) is 0 Å². The van der Waals surface area contributed by atoms with Gasteiger partial charge in [-0.3, -0.25) is 0 Å². The smallest absolute Gasteiger partial charge is 0.144 e. The second-order valence-corrected chi connectivity index (χ2v) is 5.39. The van der Waals surface area contributed by atoms with Gasteiger partial charge in [0.1, 0.15) is 11.6 Å². The fourth-order valence-electron chi connectivity index (χ4n) is 1.93. The summed E-state index contributed by atoms with van der Waals surface area (Å²) in [5.74, 6) is 0.372. The van der Waals surface area contributed by atoms with Gasteiger partial charge in [-0.1, -0.05) is 0 Å². The summed E-state index contributed by atoms with van der Waals surface area (Å²) in [5.41, 5.74) is 7.33. The Kier molecular flexibility index (Phi) is 2.97. The van der Waals surface area contributed by atoms with E-state index in [1.807, 2.05) is 6.92 Å². The topological polar surface area (TPSA) is 35.2 Å². The molecule has 2 N–H and O–H groups in total. The van der Waals surface area contributed by atoms with Gasteiger partial charge in [-0.15, -0.1) is 0 Å². The van der Waals surface area contributed by atoms with E-state index < -0.39 is 0 Å². The molecule has 2 nitrogen and oxygen atoms in total. The lowest BCUT2D eigenvalue weighted by Gasteiger charge is -2.16. The number of rotatable bonds is 3. The van der Waals surface area contributed by atoms with Crippen molar-refractivity contribution < 1.29 is 9.13 Å². The number of nitrogens with two attached hydrogens (primary N) is 1. The van der Waals surface area contributed by atoms with Gasteiger partial charge in [-0.05, 0) is 53.7 Å². The van der Waals surface area contributed by atoms with Crippen LogP contribution in [0.2, 0.25) is 0 Å². The van der Waals surface area contributed by atoms with Gasteiger partial charge in [-0.25, -0.2) is 4.39 Å². The molecule has 4 heteroatoms. The lowest BCUT2D eigenvalue weighted by Crippen LogP contribution is -2.25. The fourth-order valence-corrected chi connectivity index (χ4v) is 2.51. The molecule has 0 aliphatic heterocycles. The first-order chi connectivity index (χ1) is 7.47. The number of aryl methyl sites for hydroxylation is 1. The minimum absolute atomic E-state index is 0.221. The standard InChI is InChI=1S/C12H15BrFNO/c1-7-5-9(13)10(14)8(11(7)16-2)6-12(15)3-4-12/h5H,3-4,6,15H2,1-2H3. The average molecular weight is 288 g/mol. The predicted molar refractivity (Wildman–Crippen MR) is 65.2 cm³/mol. The minimum Gasteiger partial charge on any atom is -0.496 e. The normalized spacial score (nSPS) is 17.3. The number of benzene rings is 1. The summed E-state index contributed by atoms with van der Waals surface area (Å²) in [6.45, 7) is 1.91. The highest BCUT2D eigenvalue weighted by atomic mass is 79.9. The third kappa shape index (κ3) is 2.09. The third-order valence-corrected chi connectivity index (χ3v) is 3.65. The summed E-state index contributed by atoms with van der Waals surface area (Å²) < 4.78 is 19.8. The van der Waals surface area contributed by atoms with Crippen molar-refractivity contribution >= 4 is 15.9 Å². The quantitative estimate of drug-likeness (QED) is 0.928. The van der Waals surface area contributed by atoms with E-state index in [1.54, 1.807) is 13.2 Å². The van der Waals surface area contributed by atoms with Crippen LogP contribution in [-0.2, 0) is 6.42 Å². The molecule has 0 unspecified atom stereocenters. The summed E-state index contributed by atoms with van der Waals surface area (Å²) in [6.07, 6.45) is 2.46. The maximum absolute atomic E-state index is 14.0. The molecule has 0 atom stereocenters. The molecule has 2 rings (SSSR count). The minimum atomic E-state index is -0.251. The molecule has 0 bridgehead atoms. The van der Waals surface area contributed by atoms with Gasteiger partial charge in [0, 0.05) is 11.1 Å². The van der Waals surface area contributed by atoms with E-state index in [4.69, 9.17) is 10.5 Å². The molecule has 1 aliphatic carbocycles. The molecule has 0 heterocycles. The monoisotopic (exact) mass is 287 g/mol.